The molecule has 3 nitrogen and oxygen atoms in total. The normalized spacial score (nSPS) is 41.1. The molecule has 2 bridgehead atoms. The lowest BCUT2D eigenvalue weighted by atomic mass is 9.63. The van der Waals surface area contributed by atoms with Crippen LogP contribution in [0.2, 0.25) is 0 Å². The van der Waals surface area contributed by atoms with E-state index in [1.54, 1.807) is 6.92 Å². The van der Waals surface area contributed by atoms with Gasteiger partial charge in [0, 0.05) is 11.0 Å². The Labute approximate surface area is 116 Å². The Morgan fingerprint density at radius 2 is 2.00 bits per heavy atom. The highest BCUT2D eigenvalue weighted by molar-refractivity contribution is 5.87. The van der Waals surface area contributed by atoms with Gasteiger partial charge < -0.3 is 9.84 Å². The lowest BCUT2D eigenvalue weighted by molar-refractivity contribution is -0.184. The monoisotopic (exact) mass is 266 g/mol. The molecular weight excluding hydrogens is 240 g/mol. The Kier molecular flexibility index (Phi) is 3.13. The van der Waals surface area contributed by atoms with Crippen LogP contribution < -0.4 is 0 Å². The molecule has 2 saturated carbocycles. The molecule has 0 aromatic rings. The summed E-state index contributed by atoms with van der Waals surface area (Å²) in [5, 5.41) is 11.2. The molecule has 1 unspecified atom stereocenters. The van der Waals surface area contributed by atoms with E-state index < -0.39 is 17.7 Å². The van der Waals surface area contributed by atoms with Crippen molar-refractivity contribution >= 4 is 5.97 Å². The molecular formula is C16H26O3. The third kappa shape index (κ3) is 1.70. The van der Waals surface area contributed by atoms with Crippen LogP contribution in [0.15, 0.2) is 12.2 Å². The van der Waals surface area contributed by atoms with Gasteiger partial charge in [-0.1, -0.05) is 27.4 Å². The number of rotatable bonds is 3. The number of hydrogen-bond donors (Lipinski definition) is 1. The Morgan fingerprint density at radius 3 is 2.37 bits per heavy atom. The molecule has 0 radical (unpaired) electrons. The molecule has 2 aliphatic rings. The first-order chi connectivity index (χ1) is 8.56. The average Bonchev–Trinajstić information content (AvgIpc) is 2.60. The van der Waals surface area contributed by atoms with E-state index in [2.05, 4.69) is 27.4 Å². The predicted molar refractivity (Wildman–Crippen MR) is 74.5 cm³/mol. The van der Waals surface area contributed by atoms with E-state index in [1.807, 2.05) is 6.92 Å². The molecule has 2 aliphatic carbocycles. The minimum atomic E-state index is -0.926. The second-order valence-corrected chi connectivity index (χ2v) is 7.25. The summed E-state index contributed by atoms with van der Waals surface area (Å²) in [6.45, 7) is 13.6. The molecule has 0 saturated heterocycles. The largest absolute Gasteiger partial charge is 0.456 e. The number of aliphatic hydroxyl groups is 1. The Bertz CT molecular complexity index is 426. The first kappa shape index (κ1) is 14.6. The van der Waals surface area contributed by atoms with E-state index >= 15 is 0 Å². The first-order valence-corrected chi connectivity index (χ1v) is 7.15. The number of fused-ring (bicyclic) bond motifs is 2. The summed E-state index contributed by atoms with van der Waals surface area (Å²) in [5.41, 5.74) is -0.654. The van der Waals surface area contributed by atoms with Crippen LogP contribution in [0.25, 0.3) is 0 Å². The van der Waals surface area contributed by atoms with Gasteiger partial charge in [0.1, 0.15) is 11.7 Å². The van der Waals surface area contributed by atoms with E-state index in [1.165, 1.54) is 0 Å². The van der Waals surface area contributed by atoms with Gasteiger partial charge in [0.2, 0.25) is 0 Å². The second-order valence-electron chi connectivity index (χ2n) is 7.25. The van der Waals surface area contributed by atoms with Gasteiger partial charge in [0.05, 0.1) is 0 Å². The molecule has 1 N–H and O–H groups in total. The molecule has 108 valence electrons. The molecule has 4 atom stereocenters. The quantitative estimate of drug-likeness (QED) is 0.631. The number of carbonyl (C=O) groups excluding carboxylic acids is 1. The van der Waals surface area contributed by atoms with Crippen molar-refractivity contribution in [2.75, 3.05) is 0 Å². The minimum absolute atomic E-state index is 0.0889. The lowest BCUT2D eigenvalue weighted by Crippen LogP contribution is -2.55. The van der Waals surface area contributed by atoms with Crippen molar-refractivity contribution in [2.24, 2.45) is 16.7 Å². The van der Waals surface area contributed by atoms with Gasteiger partial charge in [-0.05, 0) is 44.4 Å². The highest BCUT2D eigenvalue weighted by Gasteiger charge is 2.70. The zero-order valence-electron chi connectivity index (χ0n) is 12.7. The minimum Gasteiger partial charge on any atom is -0.456 e. The number of ether oxygens (including phenoxy) is 1. The molecule has 0 aliphatic heterocycles. The Balaban J connectivity index is 2.25. The van der Waals surface area contributed by atoms with Crippen LogP contribution in [0.1, 0.15) is 53.9 Å². The van der Waals surface area contributed by atoms with Gasteiger partial charge in [0.25, 0.3) is 0 Å². The van der Waals surface area contributed by atoms with E-state index in [-0.39, 0.29) is 10.8 Å². The van der Waals surface area contributed by atoms with Crippen molar-refractivity contribution in [3.63, 3.8) is 0 Å². The number of hydrogen-bond acceptors (Lipinski definition) is 3. The van der Waals surface area contributed by atoms with Crippen LogP contribution >= 0.6 is 0 Å². The average molecular weight is 266 g/mol. The fourth-order valence-electron chi connectivity index (χ4n) is 4.30. The van der Waals surface area contributed by atoms with E-state index in [0.29, 0.717) is 11.5 Å². The molecule has 2 rings (SSSR count). The molecule has 0 amide bonds. The topological polar surface area (TPSA) is 46.5 Å². The Hall–Kier alpha value is -0.830. The fourth-order valence-corrected chi connectivity index (χ4v) is 4.30. The number of esters is 1. The summed E-state index contributed by atoms with van der Waals surface area (Å²) in [7, 11) is 0. The van der Waals surface area contributed by atoms with E-state index in [4.69, 9.17) is 4.74 Å². The van der Waals surface area contributed by atoms with Crippen molar-refractivity contribution in [2.45, 2.75) is 65.6 Å². The van der Waals surface area contributed by atoms with Gasteiger partial charge in [-0.15, -0.1) is 0 Å². The maximum absolute atomic E-state index is 11.7. The summed E-state index contributed by atoms with van der Waals surface area (Å²) < 4.78 is 5.42. The van der Waals surface area contributed by atoms with E-state index in [9.17, 15) is 9.90 Å². The zero-order chi connectivity index (χ0) is 14.6. The van der Waals surface area contributed by atoms with Crippen LogP contribution in [-0.2, 0) is 9.53 Å². The summed E-state index contributed by atoms with van der Waals surface area (Å²) in [6, 6.07) is 0. The molecule has 0 aromatic carbocycles. The molecule has 0 spiro atoms. The van der Waals surface area contributed by atoms with Crippen molar-refractivity contribution in [3.8, 4) is 0 Å². The maximum Gasteiger partial charge on any atom is 0.333 e. The van der Waals surface area contributed by atoms with E-state index in [0.717, 1.165) is 19.3 Å². The second kappa shape index (κ2) is 4.08. The maximum atomic E-state index is 11.7. The van der Waals surface area contributed by atoms with Crippen molar-refractivity contribution < 1.29 is 14.6 Å². The van der Waals surface area contributed by atoms with Gasteiger partial charge >= 0.3 is 5.97 Å². The lowest BCUT2D eigenvalue weighted by Gasteiger charge is -2.47. The molecule has 0 heterocycles. The first-order valence-electron chi connectivity index (χ1n) is 7.15. The Morgan fingerprint density at radius 1 is 1.42 bits per heavy atom. The van der Waals surface area contributed by atoms with Crippen LogP contribution in [-0.4, -0.2) is 22.8 Å². The summed E-state index contributed by atoms with van der Waals surface area (Å²) in [6.07, 6.45) is 2.39. The van der Waals surface area contributed by atoms with Crippen molar-refractivity contribution in [3.05, 3.63) is 12.2 Å². The standard InChI is InChI=1S/C16H26O3/c1-10(2)13(17)19-11(3)16(18)9-12-7-8-15(16,6)14(12,4)5/h11-12,18H,1,7-9H2,2-6H3/t11?,12-,15-,16+/m1/s1. The van der Waals surface area contributed by atoms with Gasteiger partial charge in [-0.25, -0.2) is 4.79 Å². The molecule has 0 aromatic heterocycles. The predicted octanol–water partition coefficient (Wildman–Crippen LogP) is 3.07. The smallest absolute Gasteiger partial charge is 0.333 e. The summed E-state index contributed by atoms with van der Waals surface area (Å²) in [4.78, 5) is 11.7. The number of carbonyl (C=O) groups is 1. The van der Waals surface area contributed by atoms with Gasteiger partial charge in [-0.3, -0.25) is 0 Å². The SMILES string of the molecule is C=C(C)C(=O)OC(C)[C@@]1(O)C[C@H]2CC[C@]1(C)C2(C)C. The zero-order valence-corrected chi connectivity index (χ0v) is 12.7. The molecule has 2 fully saturated rings. The van der Waals surface area contributed by atoms with Crippen LogP contribution in [0.5, 0.6) is 0 Å². The van der Waals surface area contributed by atoms with Crippen molar-refractivity contribution in [1.29, 1.82) is 0 Å². The van der Waals surface area contributed by atoms with Crippen LogP contribution in [0.4, 0.5) is 0 Å². The highest BCUT2D eigenvalue weighted by Crippen LogP contribution is 2.70. The fraction of sp³-hybridized carbons (Fsp3) is 0.812. The van der Waals surface area contributed by atoms with Gasteiger partial charge in [-0.2, -0.15) is 0 Å². The third-order valence-corrected chi connectivity index (χ3v) is 6.25. The van der Waals surface area contributed by atoms with Crippen LogP contribution in [0, 0.1) is 16.7 Å². The molecule has 3 heteroatoms. The summed E-state index contributed by atoms with van der Waals surface area (Å²) in [5.74, 6) is 0.0959. The van der Waals surface area contributed by atoms with Crippen molar-refractivity contribution in [1.82, 2.24) is 0 Å². The highest BCUT2D eigenvalue weighted by atomic mass is 16.6. The summed E-state index contributed by atoms with van der Waals surface area (Å²) >= 11 is 0. The third-order valence-electron chi connectivity index (χ3n) is 6.25. The van der Waals surface area contributed by atoms with Crippen LogP contribution in [0.3, 0.4) is 0 Å². The molecule has 19 heavy (non-hydrogen) atoms. The van der Waals surface area contributed by atoms with Gasteiger partial charge in [0.15, 0.2) is 0 Å².